The molecule has 3 rings (SSSR count). The summed E-state index contributed by atoms with van der Waals surface area (Å²) in [5.74, 6) is 2.04. The number of carbonyl (C=O) groups is 1. The monoisotopic (exact) mass is 403 g/mol. The first-order chi connectivity index (χ1) is 13.2. The summed E-state index contributed by atoms with van der Waals surface area (Å²) in [6.45, 7) is 5.55. The van der Waals surface area contributed by atoms with Gasteiger partial charge in [-0.15, -0.1) is 12.4 Å². The van der Waals surface area contributed by atoms with Gasteiger partial charge in [0.1, 0.15) is 0 Å². The lowest BCUT2D eigenvalue weighted by Gasteiger charge is -2.32. The van der Waals surface area contributed by atoms with Crippen LogP contribution in [0.15, 0.2) is 48.5 Å². The molecule has 1 heterocycles. The summed E-state index contributed by atoms with van der Waals surface area (Å²) in [6.07, 6.45) is 3.43. The van der Waals surface area contributed by atoms with Crippen LogP contribution in [0.1, 0.15) is 48.0 Å². The van der Waals surface area contributed by atoms with Crippen molar-refractivity contribution in [2.45, 2.75) is 32.1 Å². The van der Waals surface area contributed by atoms with Crippen molar-refractivity contribution >= 4 is 18.2 Å². The zero-order valence-electron chi connectivity index (χ0n) is 16.7. The first-order valence-electron chi connectivity index (χ1n) is 9.76. The van der Waals surface area contributed by atoms with Crippen molar-refractivity contribution in [3.05, 3.63) is 59.7 Å². The fourth-order valence-corrected chi connectivity index (χ4v) is 3.69. The Labute approximate surface area is 174 Å². The molecule has 4 nitrogen and oxygen atoms in total. The number of hydrogen-bond donors (Lipinski definition) is 0. The molecule has 1 fully saturated rings. The largest absolute Gasteiger partial charge is 0.493 e. The summed E-state index contributed by atoms with van der Waals surface area (Å²) in [5, 5.41) is 0. The van der Waals surface area contributed by atoms with Gasteiger partial charge in [-0.3, -0.25) is 4.79 Å². The van der Waals surface area contributed by atoms with Gasteiger partial charge in [-0.05, 0) is 69.0 Å². The first-order valence-corrected chi connectivity index (χ1v) is 9.76. The molecule has 0 unspecified atom stereocenters. The van der Waals surface area contributed by atoms with Crippen LogP contribution in [0.25, 0.3) is 0 Å². The number of halogens is 1. The van der Waals surface area contributed by atoms with E-state index in [2.05, 4.69) is 35.2 Å². The fourth-order valence-electron chi connectivity index (χ4n) is 3.69. The Morgan fingerprint density at radius 1 is 1.07 bits per heavy atom. The van der Waals surface area contributed by atoms with Gasteiger partial charge < -0.3 is 14.4 Å². The van der Waals surface area contributed by atoms with E-state index in [1.807, 2.05) is 6.07 Å². The van der Waals surface area contributed by atoms with Crippen molar-refractivity contribution in [2.75, 3.05) is 33.4 Å². The molecule has 2 aromatic carbocycles. The van der Waals surface area contributed by atoms with Crippen LogP contribution in [0, 0.1) is 0 Å². The number of Topliss-reactive ketones (excluding diaryl/α,β-unsaturated/α-hetero) is 1. The van der Waals surface area contributed by atoms with E-state index in [0.717, 1.165) is 26.1 Å². The Morgan fingerprint density at radius 2 is 1.79 bits per heavy atom. The maximum Gasteiger partial charge on any atom is 0.161 e. The van der Waals surface area contributed by atoms with E-state index in [4.69, 9.17) is 9.47 Å². The highest BCUT2D eigenvalue weighted by molar-refractivity contribution is 5.94. The Bertz CT molecular complexity index is 743. The second-order valence-corrected chi connectivity index (χ2v) is 7.15. The second kappa shape index (κ2) is 11.1. The average Bonchev–Trinajstić information content (AvgIpc) is 2.72. The van der Waals surface area contributed by atoms with Crippen LogP contribution in [0.2, 0.25) is 0 Å². The van der Waals surface area contributed by atoms with Crippen LogP contribution in [-0.2, 0) is 0 Å². The average molecular weight is 404 g/mol. The van der Waals surface area contributed by atoms with Gasteiger partial charge in [0.2, 0.25) is 0 Å². The van der Waals surface area contributed by atoms with Crippen LogP contribution in [0.4, 0.5) is 0 Å². The summed E-state index contributed by atoms with van der Waals surface area (Å²) < 4.78 is 11.2. The highest BCUT2D eigenvalue weighted by Crippen LogP contribution is 2.29. The molecule has 152 valence electrons. The van der Waals surface area contributed by atoms with Crippen molar-refractivity contribution in [1.29, 1.82) is 0 Å². The molecule has 0 aromatic heterocycles. The number of hydrogen-bond acceptors (Lipinski definition) is 4. The summed E-state index contributed by atoms with van der Waals surface area (Å²) in [4.78, 5) is 14.0. The van der Waals surface area contributed by atoms with Crippen LogP contribution >= 0.6 is 12.4 Å². The van der Waals surface area contributed by atoms with Crippen molar-refractivity contribution in [3.63, 3.8) is 0 Å². The van der Waals surface area contributed by atoms with Crippen molar-refractivity contribution < 1.29 is 14.3 Å². The molecule has 1 saturated heterocycles. The summed E-state index contributed by atoms with van der Waals surface area (Å²) in [6, 6.07) is 16.2. The second-order valence-electron chi connectivity index (χ2n) is 7.15. The van der Waals surface area contributed by atoms with Gasteiger partial charge in [0.15, 0.2) is 17.3 Å². The maximum atomic E-state index is 11.5. The molecule has 1 aliphatic heterocycles. The third-order valence-corrected chi connectivity index (χ3v) is 5.30. The van der Waals surface area contributed by atoms with E-state index in [9.17, 15) is 4.79 Å². The number of nitrogens with zero attached hydrogens (tertiary/aromatic N) is 1. The third kappa shape index (κ3) is 5.98. The van der Waals surface area contributed by atoms with E-state index >= 15 is 0 Å². The van der Waals surface area contributed by atoms with E-state index in [1.165, 1.54) is 18.4 Å². The number of rotatable bonds is 8. The van der Waals surface area contributed by atoms with E-state index in [-0.39, 0.29) is 18.2 Å². The van der Waals surface area contributed by atoms with Gasteiger partial charge in [0.05, 0.1) is 13.7 Å². The zero-order valence-corrected chi connectivity index (χ0v) is 17.5. The first kappa shape index (κ1) is 22.3. The summed E-state index contributed by atoms with van der Waals surface area (Å²) in [7, 11) is 1.60. The minimum absolute atomic E-state index is 0. The van der Waals surface area contributed by atoms with E-state index < -0.39 is 0 Å². The number of carbonyl (C=O) groups excluding carboxylic acids is 1. The summed E-state index contributed by atoms with van der Waals surface area (Å²) in [5.41, 5.74) is 2.11. The minimum Gasteiger partial charge on any atom is -0.493 e. The number of ether oxygens (including phenoxy) is 2. The lowest BCUT2D eigenvalue weighted by atomic mass is 9.89. The molecule has 5 heteroatoms. The molecule has 0 N–H and O–H groups in total. The quantitative estimate of drug-likeness (QED) is 0.461. The van der Waals surface area contributed by atoms with Crippen molar-refractivity contribution in [1.82, 2.24) is 4.90 Å². The number of likely N-dealkylation sites (tertiary alicyclic amines) is 1. The standard InChI is InChI=1S/C23H29NO3.ClH/c1-18(25)21-9-10-22(23(17-21)26-2)27-16-6-13-24-14-11-20(12-15-24)19-7-4-3-5-8-19;/h3-5,7-10,17,20H,6,11-16H2,1-2H3;1H. The normalized spacial score (nSPS) is 14.9. The predicted octanol–water partition coefficient (Wildman–Crippen LogP) is 4.97. The van der Waals surface area contributed by atoms with Gasteiger partial charge in [0, 0.05) is 12.1 Å². The molecular formula is C23H30ClNO3. The van der Waals surface area contributed by atoms with E-state index in [1.54, 1.807) is 26.2 Å². The van der Waals surface area contributed by atoms with Gasteiger partial charge in [0.25, 0.3) is 0 Å². The maximum absolute atomic E-state index is 11.5. The third-order valence-electron chi connectivity index (χ3n) is 5.30. The molecule has 2 aromatic rings. The zero-order chi connectivity index (χ0) is 19.1. The van der Waals surface area contributed by atoms with Crippen molar-refractivity contribution in [3.8, 4) is 11.5 Å². The van der Waals surface area contributed by atoms with Crippen LogP contribution < -0.4 is 9.47 Å². The number of methoxy groups -OCH3 is 1. The predicted molar refractivity (Wildman–Crippen MR) is 115 cm³/mol. The Kier molecular flexibility index (Phi) is 8.81. The lowest BCUT2D eigenvalue weighted by Crippen LogP contribution is -2.34. The SMILES string of the molecule is COc1cc(C(C)=O)ccc1OCCCN1CCC(c2ccccc2)CC1.Cl. The molecule has 1 aliphatic rings. The lowest BCUT2D eigenvalue weighted by molar-refractivity contribution is 0.101. The highest BCUT2D eigenvalue weighted by atomic mass is 35.5. The van der Waals surface area contributed by atoms with Gasteiger partial charge in [-0.25, -0.2) is 0 Å². The van der Waals surface area contributed by atoms with Crippen LogP contribution in [0.5, 0.6) is 11.5 Å². The van der Waals surface area contributed by atoms with Gasteiger partial charge in [-0.1, -0.05) is 30.3 Å². The molecule has 0 aliphatic carbocycles. The fraction of sp³-hybridized carbons (Fsp3) is 0.435. The molecular weight excluding hydrogens is 374 g/mol. The van der Waals surface area contributed by atoms with E-state index in [0.29, 0.717) is 29.6 Å². The molecule has 0 spiro atoms. The molecule has 0 amide bonds. The molecule has 0 radical (unpaired) electrons. The Hall–Kier alpha value is -2.04. The van der Waals surface area contributed by atoms with Gasteiger partial charge >= 0.3 is 0 Å². The Balaban J connectivity index is 0.00000280. The minimum atomic E-state index is 0. The van der Waals surface area contributed by atoms with Crippen LogP contribution in [-0.4, -0.2) is 44.0 Å². The molecule has 0 atom stereocenters. The topological polar surface area (TPSA) is 38.8 Å². The van der Waals surface area contributed by atoms with Crippen LogP contribution in [0.3, 0.4) is 0 Å². The van der Waals surface area contributed by atoms with Gasteiger partial charge in [-0.2, -0.15) is 0 Å². The molecule has 28 heavy (non-hydrogen) atoms. The highest BCUT2D eigenvalue weighted by Gasteiger charge is 2.20. The molecule has 0 bridgehead atoms. The number of ketones is 1. The number of benzene rings is 2. The Morgan fingerprint density at radius 3 is 2.43 bits per heavy atom. The summed E-state index contributed by atoms with van der Waals surface area (Å²) >= 11 is 0. The number of piperidine rings is 1. The van der Waals surface area contributed by atoms with Crippen molar-refractivity contribution in [2.24, 2.45) is 0 Å². The smallest absolute Gasteiger partial charge is 0.161 e. The molecule has 0 saturated carbocycles.